The van der Waals surface area contributed by atoms with E-state index in [9.17, 15) is 18.3 Å². The fourth-order valence-corrected chi connectivity index (χ4v) is 1.66. The zero-order valence-corrected chi connectivity index (χ0v) is 10.7. The number of alkyl halides is 2. The van der Waals surface area contributed by atoms with Crippen LogP contribution in [-0.2, 0) is 5.92 Å². The van der Waals surface area contributed by atoms with Crippen LogP contribution in [0.4, 0.5) is 13.2 Å². The Balaban J connectivity index is 3.38. The summed E-state index contributed by atoms with van der Waals surface area (Å²) in [6.07, 6.45) is -0.193. The summed E-state index contributed by atoms with van der Waals surface area (Å²) in [5, 5.41) is 9.71. The van der Waals surface area contributed by atoms with E-state index in [-0.39, 0.29) is 12.0 Å². The van der Waals surface area contributed by atoms with Crippen molar-refractivity contribution in [3.05, 3.63) is 35.1 Å². The number of aliphatic hydroxyl groups is 1. The average Bonchev–Trinajstić information content (AvgIpc) is 2.28. The minimum Gasteiger partial charge on any atom is -0.384 e. The number of nitrogens with two attached hydrogens (primary N) is 1. The SMILES string of the molecule is CCC(C)(O)C(F)(F)c1cccc(C(C)N)c1F. The second-order valence-corrected chi connectivity index (χ2v) is 4.70. The molecule has 1 aromatic rings. The van der Waals surface area contributed by atoms with E-state index in [1.54, 1.807) is 0 Å². The summed E-state index contributed by atoms with van der Waals surface area (Å²) in [6, 6.07) is 2.97. The van der Waals surface area contributed by atoms with Crippen LogP contribution in [0.15, 0.2) is 18.2 Å². The standard InChI is InChI=1S/C13H18F3NO/c1-4-12(3,18)13(15,16)10-7-5-6-9(8(2)17)11(10)14/h5-8,18H,4,17H2,1-3H3. The van der Waals surface area contributed by atoms with E-state index in [4.69, 9.17) is 5.73 Å². The quantitative estimate of drug-likeness (QED) is 0.874. The molecule has 0 heterocycles. The van der Waals surface area contributed by atoms with Gasteiger partial charge in [0.25, 0.3) is 0 Å². The Morgan fingerprint density at radius 2 is 1.94 bits per heavy atom. The molecule has 0 saturated carbocycles. The third-order valence-electron chi connectivity index (χ3n) is 3.22. The molecule has 5 heteroatoms. The van der Waals surface area contributed by atoms with E-state index in [0.29, 0.717) is 0 Å². The van der Waals surface area contributed by atoms with Gasteiger partial charge in [-0.3, -0.25) is 0 Å². The van der Waals surface area contributed by atoms with Gasteiger partial charge in [-0.2, -0.15) is 8.78 Å². The van der Waals surface area contributed by atoms with Gasteiger partial charge in [-0.05, 0) is 26.3 Å². The van der Waals surface area contributed by atoms with Crippen LogP contribution >= 0.6 is 0 Å². The van der Waals surface area contributed by atoms with Crippen molar-refractivity contribution in [3.8, 4) is 0 Å². The predicted molar refractivity (Wildman–Crippen MR) is 63.8 cm³/mol. The van der Waals surface area contributed by atoms with Crippen molar-refractivity contribution >= 4 is 0 Å². The summed E-state index contributed by atoms with van der Waals surface area (Å²) >= 11 is 0. The van der Waals surface area contributed by atoms with Gasteiger partial charge >= 0.3 is 5.92 Å². The van der Waals surface area contributed by atoms with Crippen LogP contribution in [0.1, 0.15) is 44.4 Å². The summed E-state index contributed by atoms with van der Waals surface area (Å²) < 4.78 is 42.2. The van der Waals surface area contributed by atoms with Gasteiger partial charge in [0, 0.05) is 11.6 Å². The van der Waals surface area contributed by atoms with E-state index in [0.717, 1.165) is 13.0 Å². The minimum absolute atomic E-state index is 0.0130. The van der Waals surface area contributed by atoms with Crippen molar-refractivity contribution in [2.45, 2.75) is 44.8 Å². The molecule has 0 saturated heterocycles. The Hall–Kier alpha value is -1.07. The lowest BCUT2D eigenvalue weighted by atomic mass is 9.87. The molecule has 0 aliphatic rings. The Morgan fingerprint density at radius 3 is 2.39 bits per heavy atom. The van der Waals surface area contributed by atoms with Crippen LogP contribution in [0.2, 0.25) is 0 Å². The number of hydrogen-bond donors (Lipinski definition) is 2. The smallest absolute Gasteiger partial charge is 0.303 e. The molecule has 1 aromatic carbocycles. The molecular weight excluding hydrogens is 243 g/mol. The van der Waals surface area contributed by atoms with E-state index in [1.165, 1.54) is 26.0 Å². The van der Waals surface area contributed by atoms with Crippen LogP contribution in [0.3, 0.4) is 0 Å². The molecule has 0 fully saturated rings. The highest BCUT2D eigenvalue weighted by atomic mass is 19.3. The van der Waals surface area contributed by atoms with Crippen LogP contribution in [0.5, 0.6) is 0 Å². The molecule has 2 atom stereocenters. The molecule has 0 aliphatic heterocycles. The van der Waals surface area contributed by atoms with Crippen molar-refractivity contribution in [3.63, 3.8) is 0 Å². The molecule has 2 unspecified atom stereocenters. The lowest BCUT2D eigenvalue weighted by molar-refractivity contribution is -0.181. The molecule has 0 amide bonds. The first-order chi connectivity index (χ1) is 8.15. The first-order valence-electron chi connectivity index (χ1n) is 5.79. The van der Waals surface area contributed by atoms with Crippen molar-refractivity contribution < 1.29 is 18.3 Å². The highest BCUT2D eigenvalue weighted by Gasteiger charge is 2.50. The highest BCUT2D eigenvalue weighted by Crippen LogP contribution is 2.42. The maximum absolute atomic E-state index is 14.1. The zero-order chi connectivity index (χ0) is 14.1. The van der Waals surface area contributed by atoms with E-state index >= 15 is 0 Å². The first kappa shape index (κ1) is 15.0. The van der Waals surface area contributed by atoms with Crippen molar-refractivity contribution in [1.29, 1.82) is 0 Å². The maximum Gasteiger partial charge on any atom is 0.303 e. The fourth-order valence-electron chi connectivity index (χ4n) is 1.66. The topological polar surface area (TPSA) is 46.2 Å². The summed E-state index contributed by atoms with van der Waals surface area (Å²) in [7, 11) is 0. The van der Waals surface area contributed by atoms with Gasteiger partial charge in [0.05, 0.1) is 5.56 Å². The number of rotatable bonds is 4. The highest BCUT2D eigenvalue weighted by molar-refractivity contribution is 5.32. The second-order valence-electron chi connectivity index (χ2n) is 4.70. The van der Waals surface area contributed by atoms with Gasteiger partial charge < -0.3 is 10.8 Å². The summed E-state index contributed by atoms with van der Waals surface area (Å²) in [4.78, 5) is 0. The minimum atomic E-state index is -3.67. The number of hydrogen-bond acceptors (Lipinski definition) is 2. The van der Waals surface area contributed by atoms with E-state index < -0.39 is 28.9 Å². The third kappa shape index (κ3) is 2.37. The largest absolute Gasteiger partial charge is 0.384 e. The maximum atomic E-state index is 14.1. The molecule has 0 radical (unpaired) electrons. The molecule has 0 aromatic heterocycles. The summed E-state index contributed by atoms with van der Waals surface area (Å²) in [5.74, 6) is -4.72. The summed E-state index contributed by atoms with van der Waals surface area (Å²) in [6.45, 7) is 3.92. The van der Waals surface area contributed by atoms with Crippen molar-refractivity contribution in [2.75, 3.05) is 0 Å². The van der Waals surface area contributed by atoms with Gasteiger partial charge in [0.15, 0.2) is 0 Å². The monoisotopic (exact) mass is 261 g/mol. The van der Waals surface area contributed by atoms with Crippen LogP contribution in [0.25, 0.3) is 0 Å². The third-order valence-corrected chi connectivity index (χ3v) is 3.22. The molecule has 0 spiro atoms. The predicted octanol–water partition coefficient (Wildman–Crippen LogP) is 3.10. The molecule has 2 nitrogen and oxygen atoms in total. The summed E-state index contributed by atoms with van der Waals surface area (Å²) in [5.41, 5.74) is 2.42. The molecule has 0 bridgehead atoms. The Bertz CT molecular complexity index is 430. The van der Waals surface area contributed by atoms with Gasteiger partial charge in [-0.1, -0.05) is 19.1 Å². The molecule has 102 valence electrons. The normalized spacial score (nSPS) is 17.3. The second kappa shape index (κ2) is 4.90. The van der Waals surface area contributed by atoms with Gasteiger partial charge in [-0.15, -0.1) is 0 Å². The fraction of sp³-hybridized carbons (Fsp3) is 0.538. The number of halogens is 3. The van der Waals surface area contributed by atoms with Gasteiger partial charge in [0.1, 0.15) is 11.4 Å². The number of benzene rings is 1. The van der Waals surface area contributed by atoms with Crippen LogP contribution < -0.4 is 5.73 Å². The van der Waals surface area contributed by atoms with E-state index in [2.05, 4.69) is 0 Å². The molecular formula is C13H18F3NO. The van der Waals surface area contributed by atoms with E-state index in [1.807, 2.05) is 0 Å². The van der Waals surface area contributed by atoms with Gasteiger partial charge in [-0.25, -0.2) is 4.39 Å². The Labute approximate surface area is 105 Å². The molecule has 1 rings (SSSR count). The molecule has 0 aliphatic carbocycles. The molecule has 3 N–H and O–H groups in total. The lowest BCUT2D eigenvalue weighted by Crippen LogP contribution is -2.43. The first-order valence-corrected chi connectivity index (χ1v) is 5.79. The van der Waals surface area contributed by atoms with Gasteiger partial charge in [0.2, 0.25) is 0 Å². The van der Waals surface area contributed by atoms with Crippen molar-refractivity contribution in [2.24, 2.45) is 5.73 Å². The Morgan fingerprint density at radius 1 is 1.39 bits per heavy atom. The Kier molecular flexibility index (Phi) is 4.08. The van der Waals surface area contributed by atoms with Crippen LogP contribution in [-0.4, -0.2) is 10.7 Å². The lowest BCUT2D eigenvalue weighted by Gasteiger charge is -2.32. The van der Waals surface area contributed by atoms with Crippen molar-refractivity contribution in [1.82, 2.24) is 0 Å². The molecule has 18 heavy (non-hydrogen) atoms. The zero-order valence-electron chi connectivity index (χ0n) is 10.7. The average molecular weight is 261 g/mol. The van der Waals surface area contributed by atoms with Crippen LogP contribution in [0, 0.1) is 5.82 Å².